The van der Waals surface area contributed by atoms with Crippen molar-refractivity contribution in [3.8, 4) is 0 Å². The van der Waals surface area contributed by atoms with Gasteiger partial charge in [0, 0.05) is 16.0 Å². The predicted octanol–water partition coefficient (Wildman–Crippen LogP) is 2.93. The molecular formula is C11H21NS. The standard InChI is InChI=1S/C11H21NS/c1-9-10(12)8-11(13-9)6-4-2-3-5-7-11/h9-10H,2-8,12H2,1H3. The molecule has 2 aliphatic rings. The van der Waals surface area contributed by atoms with Crippen LogP contribution in [0.5, 0.6) is 0 Å². The zero-order chi connectivity index (χ0) is 9.31. The Kier molecular flexibility index (Phi) is 2.89. The quantitative estimate of drug-likeness (QED) is 0.649. The van der Waals surface area contributed by atoms with Crippen molar-refractivity contribution in [3.63, 3.8) is 0 Å². The fourth-order valence-corrected chi connectivity index (χ4v) is 4.69. The van der Waals surface area contributed by atoms with Gasteiger partial charge in [0.1, 0.15) is 0 Å². The van der Waals surface area contributed by atoms with Crippen LogP contribution in [-0.2, 0) is 0 Å². The highest BCUT2D eigenvalue weighted by Gasteiger charge is 2.42. The first-order chi connectivity index (χ1) is 6.22. The molecule has 2 atom stereocenters. The summed E-state index contributed by atoms with van der Waals surface area (Å²) < 4.78 is 0.593. The highest BCUT2D eigenvalue weighted by Crippen LogP contribution is 2.50. The van der Waals surface area contributed by atoms with Gasteiger partial charge in [-0.1, -0.05) is 32.6 Å². The molecule has 2 N–H and O–H groups in total. The maximum Gasteiger partial charge on any atom is 0.0178 e. The van der Waals surface area contributed by atoms with Crippen molar-refractivity contribution in [2.45, 2.75) is 67.9 Å². The molecule has 2 rings (SSSR count). The highest BCUT2D eigenvalue weighted by molar-refractivity contribution is 8.01. The van der Waals surface area contributed by atoms with E-state index in [0.717, 1.165) is 0 Å². The summed E-state index contributed by atoms with van der Waals surface area (Å²) in [4.78, 5) is 0. The summed E-state index contributed by atoms with van der Waals surface area (Å²) in [5.74, 6) is 0. The first-order valence-corrected chi connectivity index (χ1v) is 6.53. The summed E-state index contributed by atoms with van der Waals surface area (Å²) in [6.07, 6.45) is 9.90. The summed E-state index contributed by atoms with van der Waals surface area (Å²) in [5.41, 5.74) is 6.11. The maximum atomic E-state index is 6.11. The van der Waals surface area contributed by atoms with Crippen LogP contribution in [-0.4, -0.2) is 16.0 Å². The molecule has 1 nitrogen and oxygen atoms in total. The summed E-state index contributed by atoms with van der Waals surface area (Å²) in [5, 5.41) is 0.693. The lowest BCUT2D eigenvalue weighted by atomic mass is 9.91. The Balaban J connectivity index is 2.02. The van der Waals surface area contributed by atoms with Crippen LogP contribution in [0.1, 0.15) is 51.9 Å². The third-order valence-corrected chi connectivity index (χ3v) is 5.46. The minimum atomic E-state index is 0.461. The Hall–Kier alpha value is 0.310. The molecule has 1 heterocycles. The lowest BCUT2D eigenvalue weighted by Crippen LogP contribution is -2.28. The molecule has 0 radical (unpaired) electrons. The van der Waals surface area contributed by atoms with E-state index in [4.69, 9.17) is 5.73 Å². The summed E-state index contributed by atoms with van der Waals surface area (Å²) in [6, 6.07) is 0.461. The molecule has 1 aliphatic carbocycles. The molecule has 0 amide bonds. The predicted molar refractivity (Wildman–Crippen MR) is 60.1 cm³/mol. The van der Waals surface area contributed by atoms with Gasteiger partial charge in [-0.15, -0.1) is 0 Å². The highest BCUT2D eigenvalue weighted by atomic mass is 32.2. The number of hydrogen-bond donors (Lipinski definition) is 1. The lowest BCUT2D eigenvalue weighted by Gasteiger charge is -2.26. The second-order valence-electron chi connectivity index (χ2n) is 4.79. The van der Waals surface area contributed by atoms with Crippen LogP contribution in [0.4, 0.5) is 0 Å². The average Bonchev–Trinajstić information content (AvgIpc) is 2.29. The van der Waals surface area contributed by atoms with Gasteiger partial charge in [0.25, 0.3) is 0 Å². The van der Waals surface area contributed by atoms with Crippen molar-refractivity contribution < 1.29 is 0 Å². The van der Waals surface area contributed by atoms with Crippen LogP contribution in [0.25, 0.3) is 0 Å². The fourth-order valence-electron chi connectivity index (χ4n) is 2.82. The minimum absolute atomic E-state index is 0.461. The van der Waals surface area contributed by atoms with Gasteiger partial charge >= 0.3 is 0 Å². The molecule has 76 valence electrons. The number of nitrogens with two attached hydrogens (primary N) is 1. The van der Waals surface area contributed by atoms with Gasteiger partial charge in [0.05, 0.1) is 0 Å². The molecule has 1 aliphatic heterocycles. The van der Waals surface area contributed by atoms with Gasteiger partial charge < -0.3 is 5.73 Å². The molecule has 1 saturated carbocycles. The zero-order valence-corrected chi connectivity index (χ0v) is 9.41. The Morgan fingerprint density at radius 2 is 1.77 bits per heavy atom. The van der Waals surface area contributed by atoms with E-state index in [1.165, 1.54) is 44.9 Å². The molecule has 2 fully saturated rings. The van der Waals surface area contributed by atoms with Gasteiger partial charge in [-0.3, -0.25) is 0 Å². The van der Waals surface area contributed by atoms with Crippen molar-refractivity contribution in [3.05, 3.63) is 0 Å². The first-order valence-electron chi connectivity index (χ1n) is 5.65. The van der Waals surface area contributed by atoms with E-state index in [2.05, 4.69) is 18.7 Å². The number of rotatable bonds is 0. The van der Waals surface area contributed by atoms with Gasteiger partial charge in [-0.05, 0) is 19.3 Å². The molecule has 0 aromatic rings. The molecule has 2 heteroatoms. The van der Waals surface area contributed by atoms with Gasteiger partial charge in [-0.25, -0.2) is 0 Å². The van der Waals surface area contributed by atoms with Crippen LogP contribution >= 0.6 is 11.8 Å². The Morgan fingerprint density at radius 3 is 2.23 bits per heavy atom. The molecule has 13 heavy (non-hydrogen) atoms. The SMILES string of the molecule is CC1SC2(CCCCCC2)CC1N. The van der Waals surface area contributed by atoms with E-state index in [9.17, 15) is 0 Å². The van der Waals surface area contributed by atoms with Gasteiger partial charge in [-0.2, -0.15) is 11.8 Å². The molecule has 1 saturated heterocycles. The Morgan fingerprint density at radius 1 is 1.15 bits per heavy atom. The maximum absolute atomic E-state index is 6.11. The second-order valence-corrected chi connectivity index (χ2v) is 6.63. The zero-order valence-electron chi connectivity index (χ0n) is 8.59. The monoisotopic (exact) mass is 199 g/mol. The van der Waals surface area contributed by atoms with Crippen molar-refractivity contribution >= 4 is 11.8 Å². The number of hydrogen-bond acceptors (Lipinski definition) is 2. The number of thioether (sulfide) groups is 1. The Bertz CT molecular complexity index is 161. The van der Waals surface area contributed by atoms with E-state index in [0.29, 0.717) is 16.0 Å². The molecule has 0 bridgehead atoms. The topological polar surface area (TPSA) is 26.0 Å². The average molecular weight is 199 g/mol. The largest absolute Gasteiger partial charge is 0.327 e. The summed E-state index contributed by atoms with van der Waals surface area (Å²) in [6.45, 7) is 2.30. The third-order valence-electron chi connectivity index (χ3n) is 3.66. The molecular weight excluding hydrogens is 178 g/mol. The van der Waals surface area contributed by atoms with E-state index in [-0.39, 0.29) is 0 Å². The molecule has 2 unspecified atom stereocenters. The molecule has 1 spiro atoms. The van der Waals surface area contributed by atoms with Crippen LogP contribution in [0.15, 0.2) is 0 Å². The Labute approximate surface area is 85.8 Å². The molecule has 0 aromatic carbocycles. The van der Waals surface area contributed by atoms with Crippen molar-refractivity contribution in [1.82, 2.24) is 0 Å². The van der Waals surface area contributed by atoms with E-state index in [1.807, 2.05) is 0 Å². The summed E-state index contributed by atoms with van der Waals surface area (Å²) >= 11 is 2.19. The fraction of sp³-hybridized carbons (Fsp3) is 1.00. The van der Waals surface area contributed by atoms with Crippen molar-refractivity contribution in [1.29, 1.82) is 0 Å². The minimum Gasteiger partial charge on any atom is -0.327 e. The van der Waals surface area contributed by atoms with Crippen LogP contribution in [0.3, 0.4) is 0 Å². The van der Waals surface area contributed by atoms with Crippen molar-refractivity contribution in [2.24, 2.45) is 5.73 Å². The summed E-state index contributed by atoms with van der Waals surface area (Å²) in [7, 11) is 0. The molecule has 0 aromatic heterocycles. The van der Waals surface area contributed by atoms with E-state index >= 15 is 0 Å². The smallest absolute Gasteiger partial charge is 0.0178 e. The normalized spacial score (nSPS) is 39.2. The second kappa shape index (κ2) is 3.82. The van der Waals surface area contributed by atoms with Crippen LogP contribution in [0, 0.1) is 0 Å². The van der Waals surface area contributed by atoms with Crippen LogP contribution in [0.2, 0.25) is 0 Å². The van der Waals surface area contributed by atoms with E-state index in [1.54, 1.807) is 0 Å². The lowest BCUT2D eigenvalue weighted by molar-refractivity contribution is 0.460. The van der Waals surface area contributed by atoms with Gasteiger partial charge in [0.2, 0.25) is 0 Å². The first kappa shape index (κ1) is 9.85. The van der Waals surface area contributed by atoms with E-state index < -0.39 is 0 Å². The van der Waals surface area contributed by atoms with Crippen LogP contribution < -0.4 is 5.73 Å². The van der Waals surface area contributed by atoms with Crippen molar-refractivity contribution in [2.75, 3.05) is 0 Å². The van der Waals surface area contributed by atoms with Gasteiger partial charge in [0.15, 0.2) is 0 Å². The third kappa shape index (κ3) is 2.04.